The molecule has 0 aliphatic carbocycles. The van der Waals surface area contributed by atoms with Gasteiger partial charge in [0, 0.05) is 16.6 Å². The lowest BCUT2D eigenvalue weighted by Crippen LogP contribution is -2.21. The van der Waals surface area contributed by atoms with E-state index in [1.165, 1.54) is 16.2 Å². The molecular weight excluding hydrogens is 370 g/mol. The van der Waals surface area contributed by atoms with Gasteiger partial charge in [-0.25, -0.2) is 0 Å². The van der Waals surface area contributed by atoms with E-state index in [-0.39, 0.29) is 5.91 Å². The number of nitrogens with one attached hydrogen (secondary N) is 1. The summed E-state index contributed by atoms with van der Waals surface area (Å²) in [6.07, 6.45) is 2.23. The van der Waals surface area contributed by atoms with Crippen LogP contribution in [0.4, 0.5) is 5.69 Å². The Bertz CT molecular complexity index is 1030. The van der Waals surface area contributed by atoms with Crippen molar-refractivity contribution in [3.05, 3.63) is 75.4 Å². The molecule has 0 spiro atoms. The first-order valence-electron chi connectivity index (χ1n) is 9.33. The summed E-state index contributed by atoms with van der Waals surface area (Å²) in [6.45, 7) is 3.78. The number of nitriles is 1. The van der Waals surface area contributed by atoms with Gasteiger partial charge in [-0.15, -0.1) is 11.3 Å². The normalized spacial score (nSPS) is 16.8. The molecule has 6 heteroatoms. The van der Waals surface area contributed by atoms with Crippen molar-refractivity contribution < 1.29 is 9.21 Å². The van der Waals surface area contributed by atoms with E-state index in [0.717, 1.165) is 37.5 Å². The average Bonchev–Trinajstić information content (AvgIpc) is 3.43. The molecule has 4 rings (SSSR count). The molecule has 3 aromatic rings. The van der Waals surface area contributed by atoms with Crippen molar-refractivity contribution in [2.24, 2.45) is 0 Å². The van der Waals surface area contributed by atoms with Crippen molar-refractivity contribution in [2.75, 3.05) is 11.9 Å². The highest BCUT2D eigenvalue weighted by molar-refractivity contribution is 7.14. The van der Waals surface area contributed by atoms with Crippen LogP contribution in [-0.4, -0.2) is 17.4 Å². The second kappa shape index (κ2) is 8.01. The summed E-state index contributed by atoms with van der Waals surface area (Å²) in [5, 5.41) is 11.9. The Hall–Kier alpha value is -2.88. The maximum atomic E-state index is 12.6. The van der Waals surface area contributed by atoms with Crippen molar-refractivity contribution in [3.8, 4) is 6.07 Å². The van der Waals surface area contributed by atoms with Gasteiger partial charge in [-0.3, -0.25) is 9.69 Å². The van der Waals surface area contributed by atoms with E-state index in [4.69, 9.17) is 9.68 Å². The molecule has 0 unspecified atom stereocenters. The van der Waals surface area contributed by atoms with E-state index in [2.05, 4.69) is 22.4 Å². The first-order chi connectivity index (χ1) is 13.6. The van der Waals surface area contributed by atoms with Crippen LogP contribution in [0.2, 0.25) is 0 Å². The zero-order chi connectivity index (χ0) is 19.5. The van der Waals surface area contributed by atoms with Crippen molar-refractivity contribution in [1.29, 1.82) is 5.26 Å². The Morgan fingerprint density at radius 2 is 2.21 bits per heavy atom. The Kier molecular flexibility index (Phi) is 5.29. The van der Waals surface area contributed by atoms with Crippen LogP contribution in [0.25, 0.3) is 0 Å². The number of hydrogen-bond donors (Lipinski definition) is 1. The molecule has 3 heterocycles. The highest BCUT2D eigenvalue weighted by Crippen LogP contribution is 2.37. The van der Waals surface area contributed by atoms with Gasteiger partial charge < -0.3 is 9.73 Å². The lowest BCUT2D eigenvalue weighted by atomic mass is 10.2. The fourth-order valence-corrected chi connectivity index (χ4v) is 4.69. The quantitative estimate of drug-likeness (QED) is 0.656. The first-order valence-corrected chi connectivity index (χ1v) is 10.1. The standard InChI is InChI=1S/C22H21N3O2S/c1-15-7-8-18(27-15)14-25-11-3-6-19(25)20-9-10-21(28-20)22(26)24-17-5-2-4-16(12-17)13-23/h2,4-5,7-10,12,19H,3,6,11,14H2,1H3,(H,24,26)/t19-/m0/s1. The first kappa shape index (κ1) is 18.5. The van der Waals surface area contributed by atoms with Crippen LogP contribution in [0.15, 0.2) is 52.9 Å². The Labute approximate surface area is 168 Å². The number of aryl methyl sites for hydroxylation is 1. The van der Waals surface area contributed by atoms with Crippen LogP contribution in [0.1, 0.15) is 50.5 Å². The molecule has 0 bridgehead atoms. The average molecular weight is 391 g/mol. The summed E-state index contributed by atoms with van der Waals surface area (Å²) in [4.78, 5) is 16.9. The fourth-order valence-electron chi connectivity index (χ4n) is 3.62. The zero-order valence-electron chi connectivity index (χ0n) is 15.6. The van der Waals surface area contributed by atoms with Gasteiger partial charge in [-0.2, -0.15) is 5.26 Å². The molecule has 28 heavy (non-hydrogen) atoms. The number of amides is 1. The molecule has 1 aliphatic rings. The van der Waals surface area contributed by atoms with Crippen LogP contribution < -0.4 is 5.32 Å². The number of thiophene rings is 1. The highest BCUT2D eigenvalue weighted by Gasteiger charge is 2.28. The summed E-state index contributed by atoms with van der Waals surface area (Å²) < 4.78 is 5.73. The molecule has 1 aliphatic heterocycles. The SMILES string of the molecule is Cc1ccc(CN2CCC[C@H]2c2ccc(C(=O)Nc3cccc(C#N)c3)s2)o1. The number of carbonyl (C=O) groups is 1. The van der Waals surface area contributed by atoms with Crippen LogP contribution in [0, 0.1) is 18.3 Å². The van der Waals surface area contributed by atoms with Crippen LogP contribution in [0.3, 0.4) is 0 Å². The molecule has 1 atom stereocenters. The second-order valence-corrected chi connectivity index (χ2v) is 8.10. The molecule has 1 N–H and O–H groups in total. The third-order valence-corrected chi connectivity index (χ3v) is 6.13. The number of benzene rings is 1. The van der Waals surface area contributed by atoms with E-state index in [1.54, 1.807) is 24.3 Å². The van der Waals surface area contributed by atoms with Crippen LogP contribution >= 0.6 is 11.3 Å². The molecule has 0 saturated carbocycles. The van der Waals surface area contributed by atoms with Crippen LogP contribution in [0.5, 0.6) is 0 Å². The van der Waals surface area contributed by atoms with Crippen molar-refractivity contribution in [1.82, 2.24) is 4.90 Å². The van der Waals surface area contributed by atoms with Gasteiger partial charge in [0.2, 0.25) is 0 Å². The molecular formula is C22H21N3O2S. The zero-order valence-corrected chi connectivity index (χ0v) is 16.5. The van der Waals surface area contributed by atoms with Crippen molar-refractivity contribution >= 4 is 22.9 Å². The largest absolute Gasteiger partial charge is 0.465 e. The van der Waals surface area contributed by atoms with Crippen molar-refractivity contribution in [3.63, 3.8) is 0 Å². The number of nitrogens with zero attached hydrogens (tertiary/aromatic N) is 2. The maximum Gasteiger partial charge on any atom is 0.265 e. The Balaban J connectivity index is 1.45. The van der Waals surface area contributed by atoms with Gasteiger partial charge in [0.25, 0.3) is 5.91 Å². The molecule has 1 amide bonds. The smallest absolute Gasteiger partial charge is 0.265 e. The molecule has 1 fully saturated rings. The molecule has 0 radical (unpaired) electrons. The maximum absolute atomic E-state index is 12.6. The van der Waals surface area contributed by atoms with Crippen molar-refractivity contribution in [2.45, 2.75) is 32.4 Å². The Morgan fingerprint density at radius 1 is 1.32 bits per heavy atom. The van der Waals surface area contributed by atoms with E-state index in [0.29, 0.717) is 22.2 Å². The van der Waals surface area contributed by atoms with E-state index < -0.39 is 0 Å². The number of rotatable bonds is 5. The van der Waals surface area contributed by atoms with Crippen LogP contribution in [-0.2, 0) is 6.54 Å². The highest BCUT2D eigenvalue weighted by atomic mass is 32.1. The van der Waals surface area contributed by atoms with E-state index in [9.17, 15) is 4.79 Å². The van der Waals surface area contributed by atoms with Gasteiger partial charge in [-0.1, -0.05) is 6.07 Å². The van der Waals surface area contributed by atoms with Gasteiger partial charge in [0.1, 0.15) is 11.5 Å². The summed E-state index contributed by atoms with van der Waals surface area (Å²) in [5.74, 6) is 1.77. The number of hydrogen-bond acceptors (Lipinski definition) is 5. The van der Waals surface area contributed by atoms with Gasteiger partial charge in [0.05, 0.1) is 23.1 Å². The summed E-state index contributed by atoms with van der Waals surface area (Å²) in [6, 6.07) is 17.3. The lowest BCUT2D eigenvalue weighted by Gasteiger charge is -2.22. The van der Waals surface area contributed by atoms with Gasteiger partial charge >= 0.3 is 0 Å². The molecule has 5 nitrogen and oxygen atoms in total. The fraction of sp³-hybridized carbons (Fsp3) is 0.273. The number of furan rings is 1. The predicted octanol–water partition coefficient (Wildman–Crippen LogP) is 5.11. The third kappa shape index (κ3) is 4.01. The number of carbonyl (C=O) groups excluding carboxylic acids is 1. The monoisotopic (exact) mass is 391 g/mol. The lowest BCUT2D eigenvalue weighted by molar-refractivity contribution is 0.103. The molecule has 142 valence electrons. The summed E-state index contributed by atoms with van der Waals surface area (Å²) in [5.41, 5.74) is 1.16. The molecule has 2 aromatic heterocycles. The number of anilines is 1. The predicted molar refractivity (Wildman–Crippen MR) is 109 cm³/mol. The van der Waals surface area contributed by atoms with Gasteiger partial charge in [0.15, 0.2) is 0 Å². The molecule has 1 saturated heterocycles. The second-order valence-electron chi connectivity index (χ2n) is 6.99. The van der Waals surface area contributed by atoms with E-state index in [1.807, 2.05) is 25.1 Å². The summed E-state index contributed by atoms with van der Waals surface area (Å²) in [7, 11) is 0. The topological polar surface area (TPSA) is 69.3 Å². The Morgan fingerprint density at radius 3 is 3.00 bits per heavy atom. The minimum atomic E-state index is -0.141. The molecule has 1 aromatic carbocycles. The minimum Gasteiger partial charge on any atom is -0.465 e. The van der Waals surface area contributed by atoms with E-state index >= 15 is 0 Å². The third-order valence-electron chi connectivity index (χ3n) is 4.95. The minimum absolute atomic E-state index is 0.141. The number of likely N-dealkylation sites (tertiary alicyclic amines) is 1. The summed E-state index contributed by atoms with van der Waals surface area (Å²) >= 11 is 1.54. The van der Waals surface area contributed by atoms with Gasteiger partial charge in [-0.05, 0) is 68.8 Å².